The topological polar surface area (TPSA) is 107 Å². The zero-order valence-corrected chi connectivity index (χ0v) is 31.3. The summed E-state index contributed by atoms with van der Waals surface area (Å²) in [5, 5.41) is 22.2. The molecule has 0 heterocycles. The third-order valence-electron chi connectivity index (χ3n) is 15.4. The van der Waals surface area contributed by atoms with Gasteiger partial charge >= 0.3 is 5.97 Å². The molecule has 8 atom stereocenters. The Hall–Kier alpha value is -3.58. The summed E-state index contributed by atoms with van der Waals surface area (Å²) in [4.78, 5) is 39.5. The molecule has 7 heteroatoms. The molecule has 0 bridgehead atoms. The molecule has 0 unspecified atom stereocenters. The van der Waals surface area contributed by atoms with Gasteiger partial charge in [0.1, 0.15) is 6.61 Å². The summed E-state index contributed by atoms with van der Waals surface area (Å²) in [5.41, 5.74) is 2.17. The van der Waals surface area contributed by atoms with Crippen molar-refractivity contribution < 1.29 is 24.4 Å². The van der Waals surface area contributed by atoms with Gasteiger partial charge in [-0.3, -0.25) is 19.7 Å². The highest BCUT2D eigenvalue weighted by Crippen LogP contribution is 2.76. The Balaban J connectivity index is 1.26. The molecule has 2 aromatic rings. The van der Waals surface area contributed by atoms with Crippen molar-refractivity contribution in [2.24, 2.45) is 50.2 Å². The van der Waals surface area contributed by atoms with Gasteiger partial charge < -0.3 is 9.84 Å². The van der Waals surface area contributed by atoms with E-state index in [2.05, 4.69) is 40.7 Å². The number of carbonyl (C=O) groups is 2. The van der Waals surface area contributed by atoms with Crippen LogP contribution in [-0.2, 0) is 20.9 Å². The molecule has 0 amide bonds. The fraction of sp³-hybridized carbons (Fsp3) is 0.591. The minimum Gasteiger partial charge on any atom is -0.460 e. The van der Waals surface area contributed by atoms with E-state index >= 15 is 0 Å². The average Bonchev–Trinajstić information content (AvgIpc) is 3.10. The lowest BCUT2D eigenvalue weighted by Gasteiger charge is -2.70. The first kappa shape index (κ1) is 35.8. The zero-order valence-electron chi connectivity index (χ0n) is 31.3. The average molecular weight is 694 g/mol. The van der Waals surface area contributed by atoms with E-state index in [9.17, 15) is 24.8 Å². The Morgan fingerprint density at radius 2 is 1.63 bits per heavy atom. The largest absolute Gasteiger partial charge is 0.460 e. The third kappa shape index (κ3) is 5.38. The van der Waals surface area contributed by atoms with Crippen molar-refractivity contribution in [2.45, 2.75) is 106 Å². The van der Waals surface area contributed by atoms with Crippen LogP contribution in [-0.4, -0.2) is 28.4 Å². The molecule has 4 fully saturated rings. The molecule has 0 aliphatic heterocycles. The predicted octanol–water partition coefficient (Wildman–Crippen LogP) is 9.67. The van der Waals surface area contributed by atoms with E-state index in [0.717, 1.165) is 62.5 Å². The van der Waals surface area contributed by atoms with Crippen LogP contribution < -0.4 is 0 Å². The number of carbonyl (C=O) groups excluding carboxylic acids is 2. The Labute approximate surface area is 303 Å². The van der Waals surface area contributed by atoms with Crippen molar-refractivity contribution in [3.63, 3.8) is 0 Å². The van der Waals surface area contributed by atoms with E-state index < -0.39 is 15.8 Å². The molecule has 0 radical (unpaired) electrons. The molecule has 0 spiro atoms. The molecule has 2 aromatic carbocycles. The van der Waals surface area contributed by atoms with Gasteiger partial charge in [0.05, 0.1) is 22.4 Å². The summed E-state index contributed by atoms with van der Waals surface area (Å²) in [6.45, 7) is 14.1. The number of aliphatic hydroxyl groups is 1. The molecule has 272 valence electrons. The number of nitrogens with zero attached hydrogens (tertiary/aromatic N) is 1. The maximum Gasteiger partial charge on any atom is 0.313 e. The van der Waals surface area contributed by atoms with Gasteiger partial charge in [-0.25, -0.2) is 0 Å². The van der Waals surface area contributed by atoms with Crippen LogP contribution in [0.15, 0.2) is 71.8 Å². The van der Waals surface area contributed by atoms with Gasteiger partial charge in [0.15, 0.2) is 5.78 Å². The predicted molar refractivity (Wildman–Crippen MR) is 198 cm³/mol. The first-order valence-corrected chi connectivity index (χ1v) is 19.1. The number of hydrogen-bond acceptors (Lipinski definition) is 6. The fourth-order valence-corrected chi connectivity index (χ4v) is 12.3. The summed E-state index contributed by atoms with van der Waals surface area (Å²) in [6, 6.07) is 16.3. The summed E-state index contributed by atoms with van der Waals surface area (Å²) < 4.78 is 6.19. The number of non-ortho nitro benzene ring substituents is 1. The molecule has 4 saturated carbocycles. The van der Waals surface area contributed by atoms with Crippen molar-refractivity contribution in [2.75, 3.05) is 6.61 Å². The van der Waals surface area contributed by atoms with E-state index in [4.69, 9.17) is 4.74 Å². The first-order chi connectivity index (χ1) is 24.0. The number of hydrogen-bond donors (Lipinski definition) is 1. The Morgan fingerprint density at radius 3 is 2.29 bits per heavy atom. The number of allylic oxidation sites excluding steroid dienone is 3. The number of ketones is 1. The molecule has 5 aliphatic carbocycles. The molecule has 5 aliphatic rings. The van der Waals surface area contributed by atoms with E-state index in [0.29, 0.717) is 18.6 Å². The van der Waals surface area contributed by atoms with Crippen LogP contribution in [0.1, 0.15) is 110 Å². The Morgan fingerprint density at radius 1 is 0.941 bits per heavy atom. The minimum atomic E-state index is -0.913. The molecule has 7 nitrogen and oxygen atoms in total. The molecule has 1 N–H and O–H groups in total. The van der Waals surface area contributed by atoms with Gasteiger partial charge in [0.2, 0.25) is 0 Å². The van der Waals surface area contributed by atoms with Crippen molar-refractivity contribution in [1.82, 2.24) is 0 Å². The number of rotatable bonds is 6. The SMILES string of the molecule is CC1(C)CC[C@]2(C(=O)OCc3ccccc3)CC[C@]3(C)C(=CC[C@@H]4[C@@]5(C)C/C(=C/c6ccc([N+](=O)[O-])cc6)C(=O)[C@@](C)(CO)[C@@H]5CC[C@]43C)[C@@H]2C1. The molecule has 51 heavy (non-hydrogen) atoms. The van der Waals surface area contributed by atoms with Gasteiger partial charge in [-0.1, -0.05) is 76.6 Å². The first-order valence-electron chi connectivity index (χ1n) is 19.1. The van der Waals surface area contributed by atoms with Crippen molar-refractivity contribution >= 4 is 23.5 Å². The van der Waals surface area contributed by atoms with Crippen LogP contribution in [0, 0.1) is 60.4 Å². The van der Waals surface area contributed by atoms with Crippen LogP contribution in [0.4, 0.5) is 5.69 Å². The summed E-state index contributed by atoms with van der Waals surface area (Å²) in [6.07, 6.45) is 12.3. The monoisotopic (exact) mass is 693 g/mol. The molecule has 0 saturated heterocycles. The number of Topliss-reactive ketones (excluding diaryl/α,β-unsaturated/α-hetero) is 1. The zero-order chi connectivity index (χ0) is 36.6. The summed E-state index contributed by atoms with van der Waals surface area (Å²) >= 11 is 0. The highest BCUT2D eigenvalue weighted by molar-refractivity contribution is 6.04. The van der Waals surface area contributed by atoms with Gasteiger partial charge in [-0.2, -0.15) is 0 Å². The molecule has 7 rings (SSSR count). The van der Waals surface area contributed by atoms with Crippen molar-refractivity contribution in [3.8, 4) is 0 Å². The number of esters is 1. The number of fused-ring (bicyclic) bond motifs is 7. The number of nitro benzene ring substituents is 1. The maximum atomic E-state index is 14.3. The van der Waals surface area contributed by atoms with E-state index in [1.165, 1.54) is 17.7 Å². The van der Waals surface area contributed by atoms with Crippen LogP contribution in [0.2, 0.25) is 0 Å². The summed E-state index contributed by atoms with van der Waals surface area (Å²) in [5.74, 6) is 0.375. The normalized spacial score (nSPS) is 39.1. The second-order valence-corrected chi connectivity index (χ2v) is 18.5. The smallest absolute Gasteiger partial charge is 0.313 e. The second kappa shape index (κ2) is 12.2. The highest BCUT2D eigenvalue weighted by Gasteiger charge is 2.70. The molecular weight excluding hydrogens is 638 g/mol. The van der Waals surface area contributed by atoms with E-state index in [1.807, 2.05) is 43.3 Å². The van der Waals surface area contributed by atoms with Gasteiger partial charge in [0, 0.05) is 12.1 Å². The lowest BCUT2D eigenvalue weighted by atomic mass is 9.33. The minimum absolute atomic E-state index is 0.00594. The number of benzene rings is 2. The molecule has 0 aromatic heterocycles. The van der Waals surface area contributed by atoms with Crippen LogP contribution in [0.25, 0.3) is 6.08 Å². The van der Waals surface area contributed by atoms with Crippen molar-refractivity contribution in [3.05, 3.63) is 93.1 Å². The van der Waals surface area contributed by atoms with E-state index in [1.54, 1.807) is 12.1 Å². The maximum absolute atomic E-state index is 14.3. The number of aliphatic hydroxyl groups excluding tert-OH is 1. The van der Waals surface area contributed by atoms with Gasteiger partial charge in [-0.05, 0) is 139 Å². The van der Waals surface area contributed by atoms with Crippen LogP contribution >= 0.6 is 0 Å². The van der Waals surface area contributed by atoms with Crippen LogP contribution in [0.5, 0.6) is 0 Å². The lowest BCUT2D eigenvalue weighted by molar-refractivity contribution is -0.384. The fourth-order valence-electron chi connectivity index (χ4n) is 12.3. The van der Waals surface area contributed by atoms with Crippen LogP contribution in [0.3, 0.4) is 0 Å². The Kier molecular flexibility index (Phi) is 8.60. The number of nitro groups is 1. The lowest BCUT2D eigenvalue weighted by Crippen LogP contribution is -2.65. The van der Waals surface area contributed by atoms with Gasteiger partial charge in [0.25, 0.3) is 5.69 Å². The standard InChI is InChI=1S/C44H55NO6/c1-39(2)20-22-44(38(48)51-27-30-10-8-7-9-11-30)23-21-42(5)33(34(44)26-39)16-17-36-40(3)25-31(24-29-12-14-32(15-13-29)45(49)50)37(47)41(4,28-46)35(40)18-19-43(36,42)6/h7-16,24,34-36,46H,17-23,25-28H2,1-6H3/b31-24-/t34-,35+,36+,40-,41-,42+,43+,44-/m0/s1. The van der Waals surface area contributed by atoms with Crippen molar-refractivity contribution in [1.29, 1.82) is 0 Å². The summed E-state index contributed by atoms with van der Waals surface area (Å²) in [7, 11) is 0. The highest BCUT2D eigenvalue weighted by atomic mass is 16.6. The molecular formula is C44H55NO6. The quantitative estimate of drug-likeness (QED) is 0.106. The van der Waals surface area contributed by atoms with E-state index in [-0.39, 0.29) is 63.5 Å². The third-order valence-corrected chi connectivity index (χ3v) is 15.4. The Bertz CT molecular complexity index is 1790. The second-order valence-electron chi connectivity index (χ2n) is 18.5. The van der Waals surface area contributed by atoms with Gasteiger partial charge in [-0.15, -0.1) is 0 Å². The number of ether oxygens (including phenoxy) is 1.